The molecule has 152 valence electrons. The van der Waals surface area contributed by atoms with Crippen molar-refractivity contribution in [3.05, 3.63) is 53.8 Å². The molecule has 1 N–H and O–H groups in total. The number of anilines is 2. The third-order valence-corrected chi connectivity index (χ3v) is 5.66. The van der Waals surface area contributed by atoms with Crippen molar-refractivity contribution in [2.75, 3.05) is 50.1 Å². The second-order valence-corrected chi connectivity index (χ2v) is 7.31. The zero-order valence-corrected chi connectivity index (χ0v) is 17.2. The summed E-state index contributed by atoms with van der Waals surface area (Å²) in [4.78, 5) is 17.8. The number of carbonyl (C=O) groups excluding carboxylic acids is 1. The zero-order chi connectivity index (χ0) is 20.4. The molecular weight excluding hydrogens is 366 g/mol. The van der Waals surface area contributed by atoms with E-state index in [1.54, 1.807) is 7.11 Å². The largest absolute Gasteiger partial charge is 0.497 e. The van der Waals surface area contributed by atoms with Crippen molar-refractivity contribution in [2.45, 2.75) is 13.8 Å². The van der Waals surface area contributed by atoms with Crippen molar-refractivity contribution in [3.8, 4) is 5.75 Å². The van der Waals surface area contributed by atoms with Crippen molar-refractivity contribution >= 4 is 28.3 Å². The lowest BCUT2D eigenvalue weighted by atomic mass is 10.1. The van der Waals surface area contributed by atoms with Gasteiger partial charge in [0.25, 0.3) is 5.91 Å². The molecule has 6 nitrogen and oxygen atoms in total. The maximum Gasteiger partial charge on any atom is 0.291 e. The molecule has 0 radical (unpaired) electrons. The first-order valence-corrected chi connectivity index (χ1v) is 10.1. The van der Waals surface area contributed by atoms with Crippen LogP contribution in [0.3, 0.4) is 0 Å². The zero-order valence-electron chi connectivity index (χ0n) is 17.2. The van der Waals surface area contributed by atoms with Crippen LogP contribution < -0.4 is 15.0 Å². The van der Waals surface area contributed by atoms with Crippen LogP contribution in [0.4, 0.5) is 11.4 Å². The van der Waals surface area contributed by atoms with Crippen LogP contribution >= 0.6 is 0 Å². The van der Waals surface area contributed by atoms with E-state index in [9.17, 15) is 4.79 Å². The summed E-state index contributed by atoms with van der Waals surface area (Å²) in [6, 6.07) is 13.5. The molecule has 0 atom stereocenters. The molecular formula is C23H27N3O3. The molecule has 0 unspecified atom stereocenters. The van der Waals surface area contributed by atoms with Gasteiger partial charge >= 0.3 is 0 Å². The normalized spacial score (nSPS) is 14.9. The quantitative estimate of drug-likeness (QED) is 0.706. The topological polar surface area (TPSA) is 58.0 Å². The van der Waals surface area contributed by atoms with E-state index in [0.29, 0.717) is 11.3 Å². The number of furan rings is 1. The summed E-state index contributed by atoms with van der Waals surface area (Å²) in [6.07, 6.45) is 0. The van der Waals surface area contributed by atoms with E-state index >= 15 is 0 Å². The maximum absolute atomic E-state index is 13.0. The number of nitrogens with zero attached hydrogens (tertiary/aromatic N) is 2. The van der Waals surface area contributed by atoms with Gasteiger partial charge in [0.2, 0.25) is 0 Å². The van der Waals surface area contributed by atoms with Crippen molar-refractivity contribution in [1.29, 1.82) is 0 Å². The lowest BCUT2D eigenvalue weighted by Gasteiger charge is -2.36. The Labute approximate surface area is 171 Å². The average Bonchev–Trinajstić information content (AvgIpc) is 3.10. The first-order valence-electron chi connectivity index (χ1n) is 10.1. The number of hydrogen-bond acceptors (Lipinski definition) is 5. The predicted octanol–water partition coefficient (Wildman–Crippen LogP) is 4.14. The van der Waals surface area contributed by atoms with E-state index in [2.05, 4.69) is 28.1 Å². The Hall–Kier alpha value is -2.99. The van der Waals surface area contributed by atoms with Crippen LogP contribution in [0, 0.1) is 6.92 Å². The number of amides is 1. The summed E-state index contributed by atoms with van der Waals surface area (Å²) in [7, 11) is 1.63. The third kappa shape index (κ3) is 3.80. The number of fused-ring (bicyclic) bond motifs is 1. The fourth-order valence-electron chi connectivity index (χ4n) is 3.88. The van der Waals surface area contributed by atoms with Gasteiger partial charge in [0, 0.05) is 37.1 Å². The van der Waals surface area contributed by atoms with Crippen molar-refractivity contribution < 1.29 is 13.9 Å². The van der Waals surface area contributed by atoms with Crippen LogP contribution in [-0.4, -0.2) is 50.6 Å². The van der Waals surface area contributed by atoms with Gasteiger partial charge in [-0.2, -0.15) is 0 Å². The minimum atomic E-state index is -0.239. The van der Waals surface area contributed by atoms with Gasteiger partial charge in [-0.05, 0) is 43.8 Å². The molecule has 0 bridgehead atoms. The Balaban J connectivity index is 1.58. The molecule has 29 heavy (non-hydrogen) atoms. The lowest BCUT2D eigenvalue weighted by molar-refractivity contribution is 0.0998. The number of rotatable bonds is 5. The molecule has 4 rings (SSSR count). The monoisotopic (exact) mass is 393 g/mol. The number of hydrogen-bond donors (Lipinski definition) is 1. The van der Waals surface area contributed by atoms with Gasteiger partial charge in [-0.15, -0.1) is 0 Å². The minimum Gasteiger partial charge on any atom is -0.497 e. The Morgan fingerprint density at radius 1 is 1.14 bits per heavy atom. The number of carbonyl (C=O) groups is 1. The SMILES string of the molecule is CCN1CCN(c2ccccc2NC(=O)c2oc3ccc(OC)cc3c2C)CC1. The molecule has 1 aliphatic heterocycles. The maximum atomic E-state index is 13.0. The van der Waals surface area contributed by atoms with Gasteiger partial charge in [-0.1, -0.05) is 19.1 Å². The van der Waals surface area contributed by atoms with Crippen LogP contribution in [0.2, 0.25) is 0 Å². The molecule has 1 amide bonds. The highest BCUT2D eigenvalue weighted by Crippen LogP contribution is 2.31. The predicted molar refractivity (Wildman–Crippen MR) is 116 cm³/mol. The number of methoxy groups -OCH3 is 1. The first-order chi connectivity index (χ1) is 14.1. The van der Waals surface area contributed by atoms with Crippen molar-refractivity contribution in [1.82, 2.24) is 4.90 Å². The first kappa shape index (κ1) is 19.3. The molecule has 1 saturated heterocycles. The average molecular weight is 393 g/mol. The third-order valence-electron chi connectivity index (χ3n) is 5.66. The van der Waals surface area contributed by atoms with Crippen LogP contribution in [0.1, 0.15) is 23.0 Å². The summed E-state index contributed by atoms with van der Waals surface area (Å²) in [5.74, 6) is 0.834. The number of benzene rings is 2. The fraction of sp³-hybridized carbons (Fsp3) is 0.348. The summed E-state index contributed by atoms with van der Waals surface area (Å²) in [6.45, 7) is 9.12. The van der Waals surface area contributed by atoms with E-state index in [0.717, 1.165) is 60.8 Å². The number of piperazine rings is 1. The van der Waals surface area contributed by atoms with Crippen LogP contribution in [-0.2, 0) is 0 Å². The number of aryl methyl sites for hydroxylation is 1. The molecule has 0 spiro atoms. The molecule has 3 aromatic rings. The van der Waals surface area contributed by atoms with E-state index < -0.39 is 0 Å². The molecule has 0 aliphatic carbocycles. The second-order valence-electron chi connectivity index (χ2n) is 7.31. The lowest BCUT2D eigenvalue weighted by Crippen LogP contribution is -2.46. The van der Waals surface area contributed by atoms with E-state index in [4.69, 9.17) is 9.15 Å². The van der Waals surface area contributed by atoms with E-state index in [1.807, 2.05) is 43.3 Å². The molecule has 1 aromatic heterocycles. The molecule has 2 aromatic carbocycles. The van der Waals surface area contributed by atoms with Crippen LogP contribution in [0.5, 0.6) is 5.75 Å². The summed E-state index contributed by atoms with van der Waals surface area (Å²) in [5.41, 5.74) is 3.34. The van der Waals surface area contributed by atoms with Crippen LogP contribution in [0.25, 0.3) is 11.0 Å². The summed E-state index contributed by atoms with van der Waals surface area (Å²) < 4.78 is 11.1. The Kier molecular flexibility index (Phi) is 5.45. The highest BCUT2D eigenvalue weighted by atomic mass is 16.5. The van der Waals surface area contributed by atoms with Gasteiger partial charge in [0.05, 0.1) is 18.5 Å². The highest BCUT2D eigenvalue weighted by molar-refractivity contribution is 6.07. The number of para-hydroxylation sites is 2. The van der Waals surface area contributed by atoms with Gasteiger partial charge in [-0.3, -0.25) is 4.79 Å². The molecule has 0 saturated carbocycles. The molecule has 1 aliphatic rings. The summed E-state index contributed by atoms with van der Waals surface area (Å²) in [5, 5.41) is 3.95. The number of ether oxygens (including phenoxy) is 1. The number of likely N-dealkylation sites (N-methyl/N-ethyl adjacent to an activating group) is 1. The van der Waals surface area contributed by atoms with Gasteiger partial charge < -0.3 is 24.3 Å². The standard InChI is InChI=1S/C23H27N3O3/c1-4-25-11-13-26(14-12-25)20-8-6-5-7-19(20)24-23(27)22-16(2)18-15-17(28-3)9-10-21(18)29-22/h5-10,15H,4,11-14H2,1-3H3,(H,24,27). The Bertz CT molecular complexity index is 1020. The minimum absolute atomic E-state index is 0.239. The summed E-state index contributed by atoms with van der Waals surface area (Å²) >= 11 is 0. The highest BCUT2D eigenvalue weighted by Gasteiger charge is 2.22. The smallest absolute Gasteiger partial charge is 0.291 e. The molecule has 6 heteroatoms. The Morgan fingerprint density at radius 3 is 2.62 bits per heavy atom. The number of nitrogens with one attached hydrogen (secondary N) is 1. The van der Waals surface area contributed by atoms with Gasteiger partial charge in [0.15, 0.2) is 5.76 Å². The molecule has 1 fully saturated rings. The van der Waals surface area contributed by atoms with Crippen LogP contribution in [0.15, 0.2) is 46.9 Å². The van der Waals surface area contributed by atoms with E-state index in [-0.39, 0.29) is 5.91 Å². The van der Waals surface area contributed by atoms with Crippen molar-refractivity contribution in [3.63, 3.8) is 0 Å². The van der Waals surface area contributed by atoms with Gasteiger partial charge in [-0.25, -0.2) is 0 Å². The Morgan fingerprint density at radius 2 is 1.90 bits per heavy atom. The van der Waals surface area contributed by atoms with Gasteiger partial charge in [0.1, 0.15) is 11.3 Å². The molecule has 2 heterocycles. The second kappa shape index (κ2) is 8.17. The van der Waals surface area contributed by atoms with Crippen molar-refractivity contribution in [2.24, 2.45) is 0 Å². The fourth-order valence-corrected chi connectivity index (χ4v) is 3.88. The van der Waals surface area contributed by atoms with E-state index in [1.165, 1.54) is 0 Å².